The Kier molecular flexibility index (Phi) is 8.52. The van der Waals surface area contributed by atoms with E-state index >= 15 is 0 Å². The number of Topliss-reactive ketones (excluding diaryl/α,β-unsaturated/α-hetero) is 1. The van der Waals surface area contributed by atoms with E-state index in [4.69, 9.17) is 8.92 Å². The molecular weight excluding hydrogens is 528 g/mol. The minimum atomic E-state index is -3.88. The summed E-state index contributed by atoms with van der Waals surface area (Å²) in [6.45, 7) is 9.86. The molecule has 2 aliphatic carbocycles. The van der Waals surface area contributed by atoms with Gasteiger partial charge in [0.05, 0.1) is 11.2 Å². The molecule has 3 aromatic carbocycles. The lowest BCUT2D eigenvalue weighted by Gasteiger charge is -2.35. The van der Waals surface area contributed by atoms with Crippen molar-refractivity contribution in [2.75, 3.05) is 5.75 Å². The zero-order valence-electron chi connectivity index (χ0n) is 23.3. The summed E-state index contributed by atoms with van der Waals surface area (Å²) in [7, 11) is -3.88. The average molecular weight is 567 g/mol. The Labute approximate surface area is 237 Å². The smallest absolute Gasteiger partial charge is 0.310 e. The average Bonchev–Trinajstić information content (AvgIpc) is 3.20. The molecule has 2 saturated carbocycles. The summed E-state index contributed by atoms with van der Waals surface area (Å²) in [6.07, 6.45) is 2.03. The molecule has 208 valence electrons. The minimum Gasteiger partial charge on any atom is -0.488 e. The molecule has 7 heteroatoms. The predicted octanol–water partition coefficient (Wildman–Crippen LogP) is 7.81. The molecule has 0 N–H and O–H groups in total. The van der Waals surface area contributed by atoms with Gasteiger partial charge in [-0.3, -0.25) is 4.79 Å². The third-order valence-corrected chi connectivity index (χ3v) is 10.1. The fourth-order valence-corrected chi connectivity index (χ4v) is 8.22. The minimum absolute atomic E-state index is 0.0693. The van der Waals surface area contributed by atoms with Crippen molar-refractivity contribution < 1.29 is 22.1 Å². The summed E-state index contributed by atoms with van der Waals surface area (Å²) in [6, 6.07) is 27.3. The highest BCUT2D eigenvalue weighted by molar-refractivity contribution is 7.99. The van der Waals surface area contributed by atoms with Crippen LogP contribution >= 0.6 is 11.8 Å². The standard InChI is InChI=1S/C20H28O5S.C12H10S/c1-18(2,3)24-15-6-8-16(9-7-15)25-26(22,23)13-20-11-10-14(12-17(20)21)19(20,4)5;1-3-7-11(8-4-1)13-12-9-5-2-6-10-12/h6-9,14H,10-13H2,1-5H3;1-10H. The molecule has 0 amide bonds. The Bertz CT molecular complexity index is 1320. The van der Waals surface area contributed by atoms with Gasteiger partial charge in [-0.25, -0.2) is 0 Å². The van der Waals surface area contributed by atoms with Crippen LogP contribution in [0.15, 0.2) is 94.7 Å². The lowest BCUT2D eigenvalue weighted by Crippen LogP contribution is -2.43. The van der Waals surface area contributed by atoms with Gasteiger partial charge in [-0.2, -0.15) is 8.42 Å². The molecule has 3 aromatic rings. The van der Waals surface area contributed by atoms with Gasteiger partial charge in [0, 0.05) is 16.2 Å². The van der Waals surface area contributed by atoms with Gasteiger partial charge < -0.3 is 8.92 Å². The number of ketones is 1. The quantitative estimate of drug-likeness (QED) is 0.272. The Balaban J connectivity index is 0.000000226. The van der Waals surface area contributed by atoms with Crippen LogP contribution in [-0.4, -0.2) is 25.6 Å². The second kappa shape index (κ2) is 11.4. The highest BCUT2D eigenvalue weighted by Crippen LogP contribution is 2.64. The lowest BCUT2D eigenvalue weighted by atomic mass is 9.70. The largest absolute Gasteiger partial charge is 0.488 e. The van der Waals surface area contributed by atoms with Gasteiger partial charge in [-0.1, -0.05) is 62.0 Å². The maximum atomic E-state index is 12.7. The molecular formula is C32H38O5S2. The zero-order valence-corrected chi connectivity index (χ0v) is 25.0. The Morgan fingerprint density at radius 1 is 0.846 bits per heavy atom. The van der Waals surface area contributed by atoms with E-state index in [1.54, 1.807) is 36.0 Å². The topological polar surface area (TPSA) is 69.7 Å². The summed E-state index contributed by atoms with van der Waals surface area (Å²) in [4.78, 5) is 15.1. The lowest BCUT2D eigenvalue weighted by molar-refractivity contribution is -0.128. The monoisotopic (exact) mass is 566 g/mol. The highest BCUT2D eigenvalue weighted by atomic mass is 32.2. The van der Waals surface area contributed by atoms with E-state index in [0.29, 0.717) is 18.6 Å². The summed E-state index contributed by atoms with van der Waals surface area (Å²) < 4.78 is 36.4. The van der Waals surface area contributed by atoms with Gasteiger partial charge in [0.2, 0.25) is 0 Å². The van der Waals surface area contributed by atoms with Gasteiger partial charge in [-0.05, 0) is 93.5 Å². The van der Waals surface area contributed by atoms with Crippen LogP contribution in [0.4, 0.5) is 0 Å². The molecule has 39 heavy (non-hydrogen) atoms. The first-order chi connectivity index (χ1) is 18.3. The van der Waals surface area contributed by atoms with Gasteiger partial charge in [0.1, 0.15) is 22.9 Å². The molecule has 2 aliphatic rings. The van der Waals surface area contributed by atoms with Crippen LogP contribution < -0.4 is 8.92 Å². The maximum Gasteiger partial charge on any atom is 0.310 e. The van der Waals surface area contributed by atoms with Crippen molar-refractivity contribution in [3.63, 3.8) is 0 Å². The molecule has 5 rings (SSSR count). The van der Waals surface area contributed by atoms with Crippen LogP contribution in [0.5, 0.6) is 11.5 Å². The number of hydrogen-bond donors (Lipinski definition) is 0. The summed E-state index contributed by atoms with van der Waals surface area (Å²) in [5, 5.41) is 0. The van der Waals surface area contributed by atoms with Crippen LogP contribution in [0.3, 0.4) is 0 Å². The Morgan fingerprint density at radius 2 is 1.36 bits per heavy atom. The summed E-state index contributed by atoms with van der Waals surface area (Å²) >= 11 is 1.79. The van der Waals surface area contributed by atoms with Crippen LogP contribution in [0.25, 0.3) is 0 Å². The fourth-order valence-electron chi connectivity index (χ4n) is 5.62. The molecule has 2 atom stereocenters. The SMILES string of the molecule is CC(C)(C)Oc1ccc(OS(=O)(=O)CC23CCC(CC2=O)C3(C)C)cc1.c1ccc(Sc2ccccc2)cc1. The number of benzene rings is 3. The Morgan fingerprint density at radius 3 is 1.79 bits per heavy atom. The van der Waals surface area contributed by atoms with Crippen molar-refractivity contribution in [3.8, 4) is 11.5 Å². The third kappa shape index (κ3) is 7.06. The molecule has 0 spiro atoms. The second-order valence-corrected chi connectivity index (χ2v) is 14.6. The van der Waals surface area contributed by atoms with Gasteiger partial charge in [0.25, 0.3) is 0 Å². The van der Waals surface area contributed by atoms with E-state index in [-0.39, 0.29) is 34.2 Å². The van der Waals surface area contributed by atoms with Crippen molar-refractivity contribution in [1.82, 2.24) is 0 Å². The number of fused-ring (bicyclic) bond motifs is 2. The highest BCUT2D eigenvalue weighted by Gasteiger charge is 2.65. The first-order valence-corrected chi connectivity index (χ1v) is 15.7. The van der Waals surface area contributed by atoms with Crippen LogP contribution in [0, 0.1) is 16.7 Å². The van der Waals surface area contributed by atoms with Gasteiger partial charge in [-0.15, -0.1) is 0 Å². The van der Waals surface area contributed by atoms with E-state index in [0.717, 1.165) is 6.42 Å². The van der Waals surface area contributed by atoms with E-state index in [1.165, 1.54) is 9.79 Å². The third-order valence-electron chi connectivity index (χ3n) is 7.76. The predicted molar refractivity (Wildman–Crippen MR) is 157 cm³/mol. The fraction of sp³-hybridized carbons (Fsp3) is 0.406. The van der Waals surface area contributed by atoms with Crippen molar-refractivity contribution in [2.45, 2.75) is 69.3 Å². The van der Waals surface area contributed by atoms with Crippen molar-refractivity contribution in [1.29, 1.82) is 0 Å². The first-order valence-electron chi connectivity index (χ1n) is 13.3. The van der Waals surface area contributed by atoms with Crippen LogP contribution in [0.1, 0.15) is 53.9 Å². The van der Waals surface area contributed by atoms with Crippen molar-refractivity contribution in [2.24, 2.45) is 16.7 Å². The maximum absolute atomic E-state index is 12.7. The molecule has 0 aromatic heterocycles. The summed E-state index contributed by atoms with van der Waals surface area (Å²) in [5.41, 5.74) is -1.45. The second-order valence-electron chi connectivity index (χ2n) is 11.9. The summed E-state index contributed by atoms with van der Waals surface area (Å²) in [5.74, 6) is 0.980. The molecule has 2 fully saturated rings. The van der Waals surface area contributed by atoms with E-state index in [1.807, 2.05) is 46.8 Å². The molecule has 5 nitrogen and oxygen atoms in total. The zero-order chi connectivity index (χ0) is 28.3. The molecule has 0 saturated heterocycles. The Hall–Kier alpha value is -2.77. The molecule has 0 aliphatic heterocycles. The van der Waals surface area contributed by atoms with E-state index in [2.05, 4.69) is 48.5 Å². The number of carbonyl (C=O) groups is 1. The first kappa shape index (κ1) is 29.2. The van der Waals surface area contributed by atoms with Crippen LogP contribution in [0.2, 0.25) is 0 Å². The number of hydrogen-bond acceptors (Lipinski definition) is 6. The normalized spacial score (nSPS) is 21.7. The number of rotatable bonds is 7. The van der Waals surface area contributed by atoms with E-state index < -0.39 is 15.5 Å². The van der Waals surface area contributed by atoms with Crippen LogP contribution in [-0.2, 0) is 14.9 Å². The molecule has 0 radical (unpaired) electrons. The van der Waals surface area contributed by atoms with E-state index in [9.17, 15) is 13.2 Å². The number of ether oxygens (including phenoxy) is 1. The van der Waals surface area contributed by atoms with Gasteiger partial charge >= 0.3 is 10.1 Å². The van der Waals surface area contributed by atoms with Crippen molar-refractivity contribution in [3.05, 3.63) is 84.9 Å². The molecule has 0 heterocycles. The molecule has 2 unspecified atom stereocenters. The van der Waals surface area contributed by atoms with Gasteiger partial charge in [0.15, 0.2) is 0 Å². The number of carbonyl (C=O) groups excluding carboxylic acids is 1. The van der Waals surface area contributed by atoms with Crippen molar-refractivity contribution >= 4 is 27.7 Å². The molecule has 2 bridgehead atoms.